The van der Waals surface area contributed by atoms with Crippen LogP contribution in [0.25, 0.3) is 11.2 Å². The molecule has 5 rings (SSSR count). The van der Waals surface area contributed by atoms with E-state index in [0.29, 0.717) is 22.1 Å². The van der Waals surface area contributed by atoms with Crippen LogP contribution in [0.15, 0.2) is 49.1 Å². The fraction of sp³-hybridized carbons (Fsp3) is 0.143. The van der Waals surface area contributed by atoms with Gasteiger partial charge in [0.05, 0.1) is 29.3 Å². The number of nitrogens with one attached hydrogen (secondary N) is 3. The Morgan fingerprint density at radius 2 is 1.79 bits per heavy atom. The molecule has 0 bridgehead atoms. The van der Waals surface area contributed by atoms with Crippen LogP contribution in [0.2, 0.25) is 0 Å². The molecule has 2 aromatic heterocycles. The number of halogens is 4. The summed E-state index contributed by atoms with van der Waals surface area (Å²) in [6.45, 7) is 1.40. The number of alkyl halides is 1. The van der Waals surface area contributed by atoms with Crippen LogP contribution in [0.3, 0.4) is 0 Å². The molecule has 2 atom stereocenters. The molecule has 168 valence electrons. The molecule has 0 aliphatic carbocycles. The summed E-state index contributed by atoms with van der Waals surface area (Å²) in [5.74, 6) is -6.30. The summed E-state index contributed by atoms with van der Waals surface area (Å²) < 4.78 is 58.5. The van der Waals surface area contributed by atoms with Gasteiger partial charge in [-0.15, -0.1) is 0 Å². The molecule has 33 heavy (non-hydrogen) atoms. The van der Waals surface area contributed by atoms with Gasteiger partial charge in [0, 0.05) is 6.07 Å². The van der Waals surface area contributed by atoms with E-state index in [1.807, 2.05) is 0 Å². The molecule has 0 saturated carbocycles. The summed E-state index contributed by atoms with van der Waals surface area (Å²) in [6.07, 6.45) is 2.61. The summed E-state index contributed by atoms with van der Waals surface area (Å²) in [4.78, 5) is 28.8. The third-order valence-corrected chi connectivity index (χ3v) is 5.31. The topological polar surface area (TPSA) is 98.8 Å². The minimum absolute atomic E-state index is 0.0139. The van der Waals surface area contributed by atoms with E-state index in [2.05, 4.69) is 30.6 Å². The third-order valence-electron chi connectivity index (χ3n) is 5.31. The first kappa shape index (κ1) is 20.7. The summed E-state index contributed by atoms with van der Waals surface area (Å²) in [7, 11) is 0. The second kappa shape index (κ2) is 7.43. The van der Waals surface area contributed by atoms with Crippen molar-refractivity contribution in [2.24, 2.45) is 0 Å². The van der Waals surface area contributed by atoms with Crippen molar-refractivity contribution in [3.8, 4) is 0 Å². The number of fused-ring (bicyclic) bond motifs is 2. The van der Waals surface area contributed by atoms with Gasteiger partial charge < -0.3 is 15.6 Å². The first-order chi connectivity index (χ1) is 15.8. The monoisotopic (exact) mass is 457 g/mol. The number of benzene rings is 2. The normalized spacial score (nSPS) is 18.7. The summed E-state index contributed by atoms with van der Waals surface area (Å²) in [6, 6.07) is 4.17. The minimum atomic E-state index is -2.75. The number of anilines is 3. The van der Waals surface area contributed by atoms with E-state index in [1.54, 1.807) is 0 Å². The lowest BCUT2D eigenvalue weighted by Gasteiger charge is -2.45. The Labute approximate surface area is 183 Å². The van der Waals surface area contributed by atoms with Crippen LogP contribution in [0, 0.1) is 17.5 Å². The van der Waals surface area contributed by atoms with Crippen molar-refractivity contribution >= 4 is 34.3 Å². The lowest BCUT2D eigenvalue weighted by atomic mass is 10.0. The third kappa shape index (κ3) is 3.39. The van der Waals surface area contributed by atoms with E-state index < -0.39 is 41.0 Å². The van der Waals surface area contributed by atoms with Crippen LogP contribution in [0.4, 0.5) is 34.8 Å². The Morgan fingerprint density at radius 3 is 2.55 bits per heavy atom. The lowest BCUT2D eigenvalue weighted by molar-refractivity contribution is 0.0845. The molecule has 3 N–H and O–H groups in total. The van der Waals surface area contributed by atoms with Gasteiger partial charge in [-0.25, -0.2) is 28.1 Å². The van der Waals surface area contributed by atoms with Crippen LogP contribution in [-0.4, -0.2) is 37.8 Å². The molecule has 4 aromatic rings. The van der Waals surface area contributed by atoms with E-state index in [9.17, 15) is 18.0 Å². The minimum Gasteiger partial charge on any atom is -0.359 e. The predicted molar refractivity (Wildman–Crippen MR) is 112 cm³/mol. The molecule has 1 aliphatic heterocycles. The van der Waals surface area contributed by atoms with Crippen molar-refractivity contribution in [2.45, 2.75) is 18.9 Å². The Bertz CT molecular complexity index is 1370. The van der Waals surface area contributed by atoms with Gasteiger partial charge in [-0.05, 0) is 37.3 Å². The first-order valence-electron chi connectivity index (χ1n) is 9.74. The van der Waals surface area contributed by atoms with Crippen molar-refractivity contribution in [1.82, 2.24) is 19.9 Å². The van der Waals surface area contributed by atoms with Crippen LogP contribution in [0.5, 0.6) is 0 Å². The second-order valence-electron chi connectivity index (χ2n) is 7.45. The van der Waals surface area contributed by atoms with Crippen molar-refractivity contribution < 1.29 is 22.4 Å². The van der Waals surface area contributed by atoms with Crippen LogP contribution in [0.1, 0.15) is 17.3 Å². The molecule has 2 aromatic carbocycles. The number of amides is 1. The maximum absolute atomic E-state index is 16.7. The van der Waals surface area contributed by atoms with Gasteiger partial charge in [-0.1, -0.05) is 0 Å². The molecule has 12 heteroatoms. The highest BCUT2D eigenvalue weighted by Gasteiger charge is 2.51. The predicted octanol–water partition coefficient (Wildman–Crippen LogP) is 3.97. The van der Waals surface area contributed by atoms with Crippen LogP contribution in [-0.2, 0) is 0 Å². The number of hydrogen-bond donors (Lipinski definition) is 3. The van der Waals surface area contributed by atoms with E-state index >= 15 is 4.39 Å². The fourth-order valence-electron chi connectivity index (χ4n) is 3.77. The van der Waals surface area contributed by atoms with Gasteiger partial charge in [-0.3, -0.25) is 9.69 Å². The molecule has 1 aliphatic rings. The van der Waals surface area contributed by atoms with E-state index in [-0.39, 0.29) is 17.1 Å². The van der Waals surface area contributed by atoms with E-state index in [0.717, 1.165) is 24.3 Å². The zero-order valence-corrected chi connectivity index (χ0v) is 16.9. The molecular weight excluding hydrogens is 442 g/mol. The van der Waals surface area contributed by atoms with Gasteiger partial charge in [0.25, 0.3) is 11.8 Å². The number of aromatic amines is 1. The number of rotatable bonds is 4. The fourth-order valence-corrected chi connectivity index (χ4v) is 3.77. The van der Waals surface area contributed by atoms with Gasteiger partial charge in [0.2, 0.25) is 0 Å². The van der Waals surface area contributed by atoms with Gasteiger partial charge in [-0.2, -0.15) is 4.39 Å². The van der Waals surface area contributed by atoms with Gasteiger partial charge in [0.15, 0.2) is 11.5 Å². The second-order valence-corrected chi connectivity index (χ2v) is 7.45. The van der Waals surface area contributed by atoms with Crippen LogP contribution >= 0.6 is 0 Å². The zero-order chi connectivity index (χ0) is 23.3. The average Bonchev–Trinajstić information content (AvgIpc) is 3.24. The molecule has 2 unspecified atom stereocenters. The van der Waals surface area contributed by atoms with Gasteiger partial charge in [0.1, 0.15) is 29.3 Å². The quantitative estimate of drug-likeness (QED) is 0.317. The first-order valence-corrected chi connectivity index (χ1v) is 9.74. The highest BCUT2D eigenvalue weighted by atomic mass is 19.2. The number of hydrogen-bond acceptors (Lipinski definition) is 6. The molecule has 0 fully saturated rings. The van der Waals surface area contributed by atoms with E-state index in [4.69, 9.17) is 0 Å². The summed E-state index contributed by atoms with van der Waals surface area (Å²) in [5.41, 5.74) is 0.134. The molecule has 1 amide bonds. The molecule has 0 spiro atoms. The van der Waals surface area contributed by atoms with Crippen molar-refractivity contribution in [3.63, 3.8) is 0 Å². The zero-order valence-electron chi connectivity index (χ0n) is 16.9. The molecular formula is C21H15F4N7O. The summed E-state index contributed by atoms with van der Waals surface area (Å²) in [5, 5.41) is 5.43. The Hall–Kier alpha value is -4.22. The molecule has 8 nitrogen and oxygen atoms in total. The highest BCUT2D eigenvalue weighted by Crippen LogP contribution is 2.39. The summed E-state index contributed by atoms with van der Waals surface area (Å²) >= 11 is 0. The lowest BCUT2D eigenvalue weighted by Crippen LogP contribution is -2.65. The van der Waals surface area contributed by atoms with Crippen molar-refractivity contribution in [1.29, 1.82) is 0 Å². The van der Waals surface area contributed by atoms with Crippen molar-refractivity contribution in [3.05, 3.63) is 72.1 Å². The molecule has 3 heterocycles. The standard InChI is InChI=1S/C21H15F4N7O/c1-10(30-19-17-18(27-8-26-17)28-9-29-19)21(25)31-16-3-2-11(22)7-15(16)20(33)32(21)14-5-12(23)4-13(24)6-14/h2-10,31H,1H3,(H2,26,27,28,29,30). The van der Waals surface area contributed by atoms with Gasteiger partial charge >= 0.3 is 0 Å². The smallest absolute Gasteiger partial charge is 0.284 e. The number of imidazole rings is 1. The largest absolute Gasteiger partial charge is 0.359 e. The number of aromatic nitrogens is 4. The maximum Gasteiger partial charge on any atom is 0.284 e. The maximum atomic E-state index is 16.7. The Balaban J connectivity index is 1.63. The Kier molecular flexibility index (Phi) is 4.65. The van der Waals surface area contributed by atoms with Crippen molar-refractivity contribution in [2.75, 3.05) is 15.5 Å². The average molecular weight is 457 g/mol. The number of carbonyl (C=O) groups is 1. The highest BCUT2D eigenvalue weighted by molar-refractivity contribution is 6.12. The number of nitrogens with zero attached hydrogens (tertiary/aromatic N) is 4. The van der Waals surface area contributed by atoms with Crippen LogP contribution < -0.4 is 15.5 Å². The Morgan fingerprint density at radius 1 is 1.03 bits per heavy atom. The van der Waals surface area contributed by atoms with E-state index in [1.165, 1.54) is 25.6 Å². The number of carbonyl (C=O) groups excluding carboxylic acids is 1. The number of H-pyrrole nitrogens is 1. The molecule has 0 saturated heterocycles. The molecule has 0 radical (unpaired) electrons. The SMILES string of the molecule is CC(Nc1ncnc2nc[nH]c12)C1(F)Nc2ccc(F)cc2C(=O)N1c1cc(F)cc(F)c1.